The molecule has 28 heavy (non-hydrogen) atoms. The van der Waals surface area contributed by atoms with Gasteiger partial charge in [-0.25, -0.2) is 0 Å². The fourth-order valence-electron chi connectivity index (χ4n) is 2.79. The van der Waals surface area contributed by atoms with Crippen molar-refractivity contribution in [2.45, 2.75) is 36.2 Å². The molecular formula is C20H18N6OS. The van der Waals surface area contributed by atoms with Crippen LogP contribution in [0.2, 0.25) is 0 Å². The molecule has 0 saturated heterocycles. The molecule has 0 aliphatic heterocycles. The molecule has 0 radical (unpaired) electrons. The minimum atomic E-state index is -0.348. The molecule has 2 heterocycles. The quantitative estimate of drug-likeness (QED) is 0.645. The van der Waals surface area contributed by atoms with E-state index in [1.54, 1.807) is 36.7 Å². The fourth-order valence-corrected chi connectivity index (χ4v) is 3.71. The van der Waals surface area contributed by atoms with E-state index in [-0.39, 0.29) is 11.2 Å². The van der Waals surface area contributed by atoms with Gasteiger partial charge in [0.25, 0.3) is 0 Å². The average Bonchev–Trinajstić information content (AvgIpc) is 3.49. The topological polar surface area (TPSA) is 96.5 Å². The number of carbonyl (C=O) groups is 1. The van der Waals surface area contributed by atoms with E-state index < -0.39 is 0 Å². The molecule has 1 aliphatic rings. The molecule has 140 valence electrons. The van der Waals surface area contributed by atoms with Crippen LogP contribution in [0.5, 0.6) is 0 Å². The van der Waals surface area contributed by atoms with Gasteiger partial charge in [-0.05, 0) is 56.2 Å². The Balaban J connectivity index is 1.49. The van der Waals surface area contributed by atoms with Crippen LogP contribution in [0.1, 0.15) is 31.4 Å². The van der Waals surface area contributed by atoms with Crippen LogP contribution in [0.3, 0.4) is 0 Å². The maximum atomic E-state index is 12.6. The van der Waals surface area contributed by atoms with Crippen molar-refractivity contribution >= 4 is 23.4 Å². The van der Waals surface area contributed by atoms with Crippen molar-refractivity contribution in [3.05, 3.63) is 54.4 Å². The molecule has 0 unspecified atom stereocenters. The highest BCUT2D eigenvalue weighted by Crippen LogP contribution is 2.41. The van der Waals surface area contributed by atoms with Crippen molar-refractivity contribution < 1.29 is 4.79 Å². The van der Waals surface area contributed by atoms with Gasteiger partial charge < -0.3 is 5.32 Å². The second-order valence-corrected chi connectivity index (χ2v) is 7.90. The van der Waals surface area contributed by atoms with Gasteiger partial charge in [-0.2, -0.15) is 5.26 Å². The first-order chi connectivity index (χ1) is 13.7. The zero-order valence-corrected chi connectivity index (χ0v) is 16.1. The molecule has 1 saturated carbocycles. The van der Waals surface area contributed by atoms with Crippen LogP contribution in [-0.4, -0.2) is 30.9 Å². The standard InChI is InChI=1S/C20H18N6OS/c1-13(19(27)23-16-6-4-14(11-21)5-7-16)28-20-25-24-18(26(20)17-8-9-17)15-3-2-10-22-12-15/h2-7,10,12-13,17H,8-9H2,1H3,(H,23,27)/t13-/m1/s1. The van der Waals surface area contributed by atoms with Crippen LogP contribution >= 0.6 is 11.8 Å². The van der Waals surface area contributed by atoms with Crippen molar-refractivity contribution in [1.29, 1.82) is 5.26 Å². The number of benzene rings is 1. The van der Waals surface area contributed by atoms with Gasteiger partial charge >= 0.3 is 0 Å². The number of pyridine rings is 1. The third kappa shape index (κ3) is 3.89. The Kier molecular flexibility index (Phi) is 5.08. The molecule has 8 heteroatoms. The van der Waals surface area contributed by atoms with Gasteiger partial charge in [0.05, 0.1) is 16.9 Å². The van der Waals surface area contributed by atoms with E-state index in [9.17, 15) is 4.79 Å². The van der Waals surface area contributed by atoms with E-state index in [1.807, 2.05) is 19.1 Å². The number of anilines is 1. The lowest BCUT2D eigenvalue weighted by Gasteiger charge is -2.13. The Morgan fingerprint density at radius 3 is 2.71 bits per heavy atom. The van der Waals surface area contributed by atoms with Crippen molar-refractivity contribution in [3.63, 3.8) is 0 Å². The first kappa shape index (κ1) is 18.2. The highest BCUT2D eigenvalue weighted by atomic mass is 32.2. The van der Waals surface area contributed by atoms with Gasteiger partial charge in [-0.15, -0.1) is 10.2 Å². The van der Waals surface area contributed by atoms with Crippen LogP contribution in [0, 0.1) is 11.3 Å². The number of nitriles is 1. The first-order valence-corrected chi connectivity index (χ1v) is 9.86. The van der Waals surface area contributed by atoms with Gasteiger partial charge in [-0.1, -0.05) is 11.8 Å². The number of nitrogens with one attached hydrogen (secondary N) is 1. The molecule has 1 N–H and O–H groups in total. The first-order valence-electron chi connectivity index (χ1n) is 8.98. The van der Waals surface area contributed by atoms with Gasteiger partial charge in [0.1, 0.15) is 0 Å². The van der Waals surface area contributed by atoms with E-state index in [4.69, 9.17) is 5.26 Å². The molecule has 1 aromatic carbocycles. The SMILES string of the molecule is C[C@@H](Sc1nnc(-c2cccnc2)n1C1CC1)C(=O)Nc1ccc(C#N)cc1. The third-order valence-corrected chi connectivity index (χ3v) is 5.49. The van der Waals surface area contributed by atoms with E-state index in [0.29, 0.717) is 17.3 Å². The summed E-state index contributed by atoms with van der Waals surface area (Å²) in [5.74, 6) is 0.667. The predicted octanol–water partition coefficient (Wildman–Crippen LogP) is 3.67. The summed E-state index contributed by atoms with van der Waals surface area (Å²) in [6.45, 7) is 1.85. The minimum absolute atomic E-state index is 0.122. The smallest absolute Gasteiger partial charge is 0.237 e. The third-order valence-electron chi connectivity index (χ3n) is 4.43. The van der Waals surface area contributed by atoms with Crippen LogP contribution in [0.15, 0.2) is 53.9 Å². The van der Waals surface area contributed by atoms with Crippen molar-refractivity contribution in [2.75, 3.05) is 5.32 Å². The monoisotopic (exact) mass is 390 g/mol. The molecule has 1 atom stereocenters. The summed E-state index contributed by atoms with van der Waals surface area (Å²) >= 11 is 1.39. The van der Waals surface area contributed by atoms with Gasteiger partial charge in [-0.3, -0.25) is 14.3 Å². The molecule has 1 aliphatic carbocycles. The van der Waals surface area contributed by atoms with Crippen molar-refractivity contribution in [3.8, 4) is 17.5 Å². The number of amides is 1. The maximum Gasteiger partial charge on any atom is 0.237 e. The maximum absolute atomic E-state index is 12.6. The second kappa shape index (κ2) is 7.82. The average molecular weight is 390 g/mol. The number of carbonyl (C=O) groups excluding carboxylic acids is 1. The molecule has 4 rings (SSSR count). The van der Waals surface area contributed by atoms with E-state index in [0.717, 1.165) is 29.4 Å². The van der Waals surface area contributed by atoms with Gasteiger partial charge in [0.15, 0.2) is 11.0 Å². The van der Waals surface area contributed by atoms with Crippen LogP contribution in [-0.2, 0) is 4.79 Å². The molecule has 7 nitrogen and oxygen atoms in total. The molecule has 3 aromatic rings. The van der Waals surface area contributed by atoms with Crippen LogP contribution < -0.4 is 5.32 Å². The Labute approximate surface area is 166 Å². The minimum Gasteiger partial charge on any atom is -0.325 e. The molecule has 1 amide bonds. The van der Waals surface area contributed by atoms with Crippen molar-refractivity contribution in [1.82, 2.24) is 19.7 Å². The Bertz CT molecular complexity index is 1020. The largest absolute Gasteiger partial charge is 0.325 e. The summed E-state index contributed by atoms with van der Waals surface area (Å²) < 4.78 is 2.12. The molecule has 0 bridgehead atoms. The zero-order valence-electron chi connectivity index (χ0n) is 15.2. The van der Waals surface area contributed by atoms with Crippen LogP contribution in [0.25, 0.3) is 11.4 Å². The van der Waals surface area contributed by atoms with Gasteiger partial charge in [0, 0.05) is 29.7 Å². The van der Waals surface area contributed by atoms with Crippen molar-refractivity contribution in [2.24, 2.45) is 0 Å². The lowest BCUT2D eigenvalue weighted by molar-refractivity contribution is -0.115. The summed E-state index contributed by atoms with van der Waals surface area (Å²) in [6, 6.07) is 13.1. The normalized spacial score (nSPS) is 14.3. The summed E-state index contributed by atoms with van der Waals surface area (Å²) in [6.07, 6.45) is 5.68. The lowest BCUT2D eigenvalue weighted by Crippen LogP contribution is -2.22. The van der Waals surface area contributed by atoms with E-state index >= 15 is 0 Å². The fraction of sp³-hybridized carbons (Fsp3) is 0.250. The number of hydrogen-bond donors (Lipinski definition) is 1. The number of hydrogen-bond acceptors (Lipinski definition) is 6. The predicted molar refractivity (Wildman–Crippen MR) is 107 cm³/mol. The Morgan fingerprint density at radius 2 is 2.07 bits per heavy atom. The molecule has 1 fully saturated rings. The number of rotatable bonds is 6. The number of nitrogens with zero attached hydrogens (tertiary/aromatic N) is 5. The highest BCUT2D eigenvalue weighted by Gasteiger charge is 2.31. The molecule has 2 aromatic heterocycles. The summed E-state index contributed by atoms with van der Waals surface area (Å²) in [7, 11) is 0. The highest BCUT2D eigenvalue weighted by molar-refractivity contribution is 8.00. The lowest BCUT2D eigenvalue weighted by atomic mass is 10.2. The number of aromatic nitrogens is 4. The zero-order chi connectivity index (χ0) is 19.5. The summed E-state index contributed by atoms with van der Waals surface area (Å²) in [5, 5.41) is 20.8. The number of thioether (sulfide) groups is 1. The Morgan fingerprint density at radius 1 is 1.29 bits per heavy atom. The Hall–Kier alpha value is -3.18. The summed E-state index contributed by atoms with van der Waals surface area (Å²) in [5.41, 5.74) is 2.14. The molecular weight excluding hydrogens is 372 g/mol. The van der Waals surface area contributed by atoms with E-state index in [2.05, 4.69) is 31.1 Å². The van der Waals surface area contributed by atoms with Gasteiger partial charge in [0.2, 0.25) is 5.91 Å². The second-order valence-electron chi connectivity index (χ2n) is 6.59. The van der Waals surface area contributed by atoms with E-state index in [1.165, 1.54) is 11.8 Å². The molecule has 0 spiro atoms. The summed E-state index contributed by atoms with van der Waals surface area (Å²) in [4.78, 5) is 16.7. The van der Waals surface area contributed by atoms with Crippen LogP contribution in [0.4, 0.5) is 5.69 Å².